The van der Waals surface area contributed by atoms with E-state index in [0.29, 0.717) is 21.3 Å². The van der Waals surface area contributed by atoms with Gasteiger partial charge in [-0.1, -0.05) is 11.8 Å². The van der Waals surface area contributed by atoms with Gasteiger partial charge in [0.1, 0.15) is 0 Å². The molecule has 0 saturated carbocycles. The van der Waals surface area contributed by atoms with Crippen LogP contribution in [-0.4, -0.2) is 21.0 Å². The summed E-state index contributed by atoms with van der Waals surface area (Å²) < 4.78 is 0. The van der Waals surface area contributed by atoms with E-state index in [2.05, 4.69) is 9.97 Å². The van der Waals surface area contributed by atoms with Crippen molar-refractivity contribution < 1.29 is 9.90 Å². The Labute approximate surface area is 119 Å². The summed E-state index contributed by atoms with van der Waals surface area (Å²) >= 11 is 1.18. The maximum Gasteiger partial charge on any atom is 0.337 e. The van der Waals surface area contributed by atoms with Gasteiger partial charge in [-0.15, -0.1) is 0 Å². The van der Waals surface area contributed by atoms with Crippen LogP contribution in [0.1, 0.15) is 21.6 Å². The van der Waals surface area contributed by atoms with Gasteiger partial charge in [-0.05, 0) is 31.5 Å². The van der Waals surface area contributed by atoms with Crippen molar-refractivity contribution in [3.8, 4) is 0 Å². The highest BCUT2D eigenvalue weighted by Gasteiger charge is 2.13. The Bertz CT molecular complexity index is 740. The molecule has 1 heterocycles. The smallest absolute Gasteiger partial charge is 0.337 e. The minimum Gasteiger partial charge on any atom is -0.478 e. The quantitative estimate of drug-likeness (QED) is 0.588. The molecular formula is C13H13N3O3S. The van der Waals surface area contributed by atoms with Gasteiger partial charge in [0, 0.05) is 22.3 Å². The minimum absolute atomic E-state index is 0.0440. The fourth-order valence-corrected chi connectivity index (χ4v) is 2.69. The number of carboxylic acids is 1. The largest absolute Gasteiger partial charge is 0.478 e. The number of aryl methyl sites for hydroxylation is 2. The highest BCUT2D eigenvalue weighted by atomic mass is 32.2. The second kappa shape index (κ2) is 5.38. The number of aromatic nitrogens is 2. The minimum atomic E-state index is -1.08. The van der Waals surface area contributed by atoms with Gasteiger partial charge in [-0.3, -0.25) is 4.79 Å². The second-order valence-corrected chi connectivity index (χ2v) is 5.36. The molecule has 104 valence electrons. The first-order valence-electron chi connectivity index (χ1n) is 5.76. The number of aromatic carboxylic acids is 1. The van der Waals surface area contributed by atoms with Crippen molar-refractivity contribution in [1.82, 2.24) is 9.97 Å². The first-order valence-corrected chi connectivity index (χ1v) is 6.57. The van der Waals surface area contributed by atoms with Crippen LogP contribution in [0, 0.1) is 13.8 Å². The SMILES string of the molecule is Cc1cc(=O)[nH]c(Sc2cc(C)c(N)c(C(=O)O)c2)n1. The highest BCUT2D eigenvalue weighted by Crippen LogP contribution is 2.29. The van der Waals surface area contributed by atoms with Crippen molar-refractivity contribution in [2.45, 2.75) is 23.9 Å². The number of nitrogen functional groups attached to an aromatic ring is 1. The van der Waals surface area contributed by atoms with Crippen LogP contribution < -0.4 is 11.3 Å². The van der Waals surface area contributed by atoms with Crippen LogP contribution in [0.3, 0.4) is 0 Å². The lowest BCUT2D eigenvalue weighted by Crippen LogP contribution is -2.08. The molecule has 0 unspecified atom stereocenters. The zero-order chi connectivity index (χ0) is 14.9. The number of carboxylic acid groups (broad SMARTS) is 1. The van der Waals surface area contributed by atoms with Crippen LogP contribution in [0.15, 0.2) is 33.0 Å². The number of aromatic amines is 1. The lowest BCUT2D eigenvalue weighted by atomic mass is 10.1. The van der Waals surface area contributed by atoms with Crippen LogP contribution in [0.4, 0.5) is 5.69 Å². The van der Waals surface area contributed by atoms with Crippen LogP contribution in [0.2, 0.25) is 0 Å². The molecule has 0 aliphatic rings. The standard InChI is InChI=1S/C13H13N3O3S/c1-6-3-8(5-9(11(6)14)12(18)19)20-13-15-7(2)4-10(17)16-13/h3-5H,14H2,1-2H3,(H,18,19)(H,15,16,17). The molecule has 6 nitrogen and oxygen atoms in total. The van der Waals surface area contributed by atoms with Gasteiger partial charge in [-0.25, -0.2) is 9.78 Å². The molecule has 0 atom stereocenters. The zero-order valence-corrected chi connectivity index (χ0v) is 11.7. The molecule has 1 aromatic heterocycles. The summed E-state index contributed by atoms with van der Waals surface area (Å²) in [5.41, 5.74) is 7.04. The molecule has 0 aliphatic heterocycles. The summed E-state index contributed by atoms with van der Waals surface area (Å²) in [7, 11) is 0. The number of rotatable bonds is 3. The van der Waals surface area contributed by atoms with Gasteiger partial charge in [0.25, 0.3) is 5.56 Å². The van der Waals surface area contributed by atoms with E-state index in [9.17, 15) is 9.59 Å². The number of nitrogens with zero attached hydrogens (tertiary/aromatic N) is 1. The number of benzene rings is 1. The van der Waals surface area contributed by atoms with E-state index in [1.54, 1.807) is 19.9 Å². The van der Waals surface area contributed by atoms with Gasteiger partial charge < -0.3 is 15.8 Å². The van der Waals surface area contributed by atoms with Crippen molar-refractivity contribution in [2.75, 3.05) is 5.73 Å². The maximum absolute atomic E-state index is 11.4. The molecule has 0 amide bonds. The van der Waals surface area contributed by atoms with Crippen LogP contribution in [0.25, 0.3) is 0 Å². The predicted octanol–water partition coefficient (Wildman–Crippen LogP) is 1.82. The Kier molecular flexibility index (Phi) is 3.80. The van der Waals surface area contributed by atoms with Gasteiger partial charge >= 0.3 is 5.97 Å². The molecule has 0 spiro atoms. The number of nitrogens with two attached hydrogens (primary N) is 1. The van der Waals surface area contributed by atoms with Crippen molar-refractivity contribution in [2.24, 2.45) is 0 Å². The Morgan fingerprint density at radius 2 is 2.05 bits per heavy atom. The van der Waals surface area contributed by atoms with E-state index in [-0.39, 0.29) is 16.8 Å². The summed E-state index contributed by atoms with van der Waals surface area (Å²) in [6.07, 6.45) is 0. The number of hydrogen-bond acceptors (Lipinski definition) is 5. The molecule has 0 saturated heterocycles. The summed E-state index contributed by atoms with van der Waals surface area (Å²) in [6.45, 7) is 3.45. The third-order valence-corrected chi connectivity index (χ3v) is 3.51. The molecule has 2 rings (SSSR count). The number of carbonyl (C=O) groups is 1. The third kappa shape index (κ3) is 3.00. The lowest BCUT2D eigenvalue weighted by Gasteiger charge is -2.08. The topological polar surface area (TPSA) is 109 Å². The van der Waals surface area contributed by atoms with Crippen LogP contribution >= 0.6 is 11.8 Å². The first kappa shape index (κ1) is 14.1. The molecular weight excluding hydrogens is 278 g/mol. The van der Waals surface area contributed by atoms with E-state index < -0.39 is 5.97 Å². The predicted molar refractivity (Wildman–Crippen MR) is 76.3 cm³/mol. The van der Waals surface area contributed by atoms with E-state index in [1.165, 1.54) is 23.9 Å². The molecule has 7 heteroatoms. The van der Waals surface area contributed by atoms with Crippen LogP contribution in [0.5, 0.6) is 0 Å². The van der Waals surface area contributed by atoms with E-state index >= 15 is 0 Å². The average molecular weight is 291 g/mol. The fourth-order valence-electron chi connectivity index (χ4n) is 1.71. The van der Waals surface area contributed by atoms with Crippen molar-refractivity contribution in [1.29, 1.82) is 0 Å². The Morgan fingerprint density at radius 3 is 2.65 bits per heavy atom. The molecule has 0 fully saturated rings. The molecule has 0 radical (unpaired) electrons. The molecule has 0 aliphatic carbocycles. The summed E-state index contributed by atoms with van der Waals surface area (Å²) in [5, 5.41) is 9.52. The summed E-state index contributed by atoms with van der Waals surface area (Å²) in [5.74, 6) is -1.08. The van der Waals surface area contributed by atoms with Gasteiger partial charge in [0.05, 0.1) is 5.56 Å². The van der Waals surface area contributed by atoms with Gasteiger partial charge in [0.15, 0.2) is 5.16 Å². The number of hydrogen-bond donors (Lipinski definition) is 3. The third-order valence-electron chi connectivity index (χ3n) is 2.65. The van der Waals surface area contributed by atoms with Crippen molar-refractivity contribution in [3.05, 3.63) is 45.4 Å². The normalized spacial score (nSPS) is 10.5. The van der Waals surface area contributed by atoms with E-state index in [0.717, 1.165) is 0 Å². The number of nitrogens with one attached hydrogen (secondary N) is 1. The zero-order valence-electron chi connectivity index (χ0n) is 10.9. The molecule has 20 heavy (non-hydrogen) atoms. The second-order valence-electron chi connectivity index (χ2n) is 4.30. The Morgan fingerprint density at radius 1 is 1.35 bits per heavy atom. The monoisotopic (exact) mass is 291 g/mol. The van der Waals surface area contributed by atoms with Gasteiger partial charge in [0.2, 0.25) is 0 Å². The molecule has 0 bridgehead atoms. The van der Waals surface area contributed by atoms with E-state index in [1.807, 2.05) is 0 Å². The highest BCUT2D eigenvalue weighted by molar-refractivity contribution is 7.99. The number of H-pyrrole nitrogens is 1. The van der Waals surface area contributed by atoms with Crippen molar-refractivity contribution >= 4 is 23.4 Å². The van der Waals surface area contributed by atoms with Crippen molar-refractivity contribution in [3.63, 3.8) is 0 Å². The van der Waals surface area contributed by atoms with Gasteiger partial charge in [-0.2, -0.15) is 0 Å². The van der Waals surface area contributed by atoms with E-state index in [4.69, 9.17) is 10.8 Å². The lowest BCUT2D eigenvalue weighted by molar-refractivity contribution is 0.0697. The first-order chi connectivity index (χ1) is 9.36. The molecule has 4 N–H and O–H groups in total. The summed E-state index contributed by atoms with van der Waals surface area (Å²) in [4.78, 5) is 29.9. The average Bonchev–Trinajstić information content (AvgIpc) is 2.31. The summed E-state index contributed by atoms with van der Waals surface area (Å²) in [6, 6.07) is 4.62. The Hall–Kier alpha value is -2.28. The maximum atomic E-state index is 11.4. The fraction of sp³-hybridized carbons (Fsp3) is 0.154. The number of anilines is 1. The van der Waals surface area contributed by atoms with Crippen LogP contribution in [-0.2, 0) is 0 Å². The molecule has 1 aromatic carbocycles. The molecule has 2 aromatic rings. The Balaban J connectivity index is 2.43.